The van der Waals surface area contributed by atoms with E-state index in [1.165, 1.54) is 30.6 Å². The number of furan rings is 1. The van der Waals surface area contributed by atoms with Gasteiger partial charge in [-0.25, -0.2) is 4.98 Å². The van der Waals surface area contributed by atoms with E-state index in [0.29, 0.717) is 16.1 Å². The van der Waals surface area contributed by atoms with Gasteiger partial charge in [0, 0.05) is 16.7 Å². The topological polar surface area (TPSA) is 118 Å². The van der Waals surface area contributed by atoms with Gasteiger partial charge < -0.3 is 15.3 Å². The van der Waals surface area contributed by atoms with Crippen LogP contribution in [-0.4, -0.2) is 26.1 Å². The number of nitrogens with two attached hydrogens (primary N) is 1. The summed E-state index contributed by atoms with van der Waals surface area (Å²) in [6.45, 7) is 0. The van der Waals surface area contributed by atoms with Crippen LogP contribution in [0, 0.1) is 0 Å². The summed E-state index contributed by atoms with van der Waals surface area (Å²) in [7, 11) is 0. The van der Waals surface area contributed by atoms with Crippen LogP contribution >= 0.6 is 11.8 Å². The van der Waals surface area contributed by atoms with Gasteiger partial charge in [0.05, 0.1) is 10.5 Å². The summed E-state index contributed by atoms with van der Waals surface area (Å²) in [5.41, 5.74) is 6.65. The number of carbonyl (C=O) groups excluding carboxylic acids is 1. The van der Waals surface area contributed by atoms with Crippen molar-refractivity contribution in [2.45, 2.75) is 9.79 Å². The molecule has 0 aliphatic heterocycles. The third-order valence-corrected chi connectivity index (χ3v) is 3.96. The lowest BCUT2D eigenvalue weighted by Gasteiger charge is -2.01. The Labute approximate surface area is 135 Å². The highest BCUT2D eigenvalue weighted by Gasteiger charge is 2.15. The van der Waals surface area contributed by atoms with Crippen molar-refractivity contribution >= 4 is 29.0 Å². The number of benzene rings is 1. The van der Waals surface area contributed by atoms with Crippen molar-refractivity contribution in [1.82, 2.24) is 15.2 Å². The van der Waals surface area contributed by atoms with Gasteiger partial charge in [-0.2, -0.15) is 5.10 Å². The van der Waals surface area contributed by atoms with Gasteiger partial charge in [0.2, 0.25) is 5.82 Å². The molecular weight excluding hydrogens is 316 g/mol. The Morgan fingerprint density at radius 1 is 1.30 bits per heavy atom. The zero-order valence-corrected chi connectivity index (χ0v) is 12.6. The van der Waals surface area contributed by atoms with E-state index in [-0.39, 0.29) is 11.6 Å². The molecule has 0 fully saturated rings. The molecule has 0 amide bonds. The zero-order valence-electron chi connectivity index (χ0n) is 11.8. The lowest BCUT2D eigenvalue weighted by Crippen LogP contribution is -1.97. The van der Waals surface area contributed by atoms with Gasteiger partial charge in [-0.1, -0.05) is 11.8 Å². The first-order chi connectivity index (χ1) is 11.1. The lowest BCUT2D eigenvalue weighted by molar-refractivity contribution is 0.104. The number of carbonyl (C=O) groups is 1. The second kappa shape index (κ2) is 6.41. The molecule has 7 nitrogen and oxygen atoms in total. The molecule has 0 saturated heterocycles. The molecule has 3 aromatic rings. The minimum Gasteiger partial charge on any atom is -0.504 e. The Morgan fingerprint density at radius 2 is 2.09 bits per heavy atom. The van der Waals surface area contributed by atoms with Crippen LogP contribution in [0.15, 0.2) is 63.4 Å². The van der Waals surface area contributed by atoms with Crippen molar-refractivity contribution in [3.63, 3.8) is 0 Å². The van der Waals surface area contributed by atoms with Crippen LogP contribution < -0.4 is 5.73 Å². The molecule has 1 aromatic carbocycles. The third kappa shape index (κ3) is 3.43. The quantitative estimate of drug-likeness (QED) is 0.285. The molecule has 0 radical (unpaired) electrons. The number of nitrogens with one attached hydrogen (secondary N) is 1. The van der Waals surface area contributed by atoms with Gasteiger partial charge in [0.1, 0.15) is 18.9 Å². The van der Waals surface area contributed by atoms with E-state index >= 15 is 0 Å². The molecule has 8 heteroatoms. The fraction of sp³-hybridized carbons (Fsp3) is 0. The average molecular weight is 328 g/mol. The molecule has 2 heterocycles. The number of aromatic amines is 1. The maximum Gasteiger partial charge on any atom is 0.215 e. The van der Waals surface area contributed by atoms with Crippen LogP contribution in [-0.2, 0) is 0 Å². The van der Waals surface area contributed by atoms with Crippen molar-refractivity contribution in [1.29, 1.82) is 0 Å². The first-order valence-electron chi connectivity index (χ1n) is 6.54. The molecule has 4 N–H and O–H groups in total. The monoisotopic (exact) mass is 328 g/mol. The van der Waals surface area contributed by atoms with Crippen molar-refractivity contribution in [3.8, 4) is 0 Å². The Morgan fingerprint density at radius 3 is 2.78 bits per heavy atom. The van der Waals surface area contributed by atoms with Crippen LogP contribution in [0.1, 0.15) is 16.2 Å². The fourth-order valence-electron chi connectivity index (χ4n) is 1.81. The molecule has 2 aromatic heterocycles. The number of anilines is 1. The summed E-state index contributed by atoms with van der Waals surface area (Å²) >= 11 is 1.36. The number of H-pyrrole nitrogens is 1. The van der Waals surface area contributed by atoms with E-state index in [1.807, 2.05) is 12.1 Å². The van der Waals surface area contributed by atoms with E-state index in [9.17, 15) is 9.90 Å². The number of rotatable bonds is 5. The number of ketones is 1. The first kappa shape index (κ1) is 14.9. The smallest absolute Gasteiger partial charge is 0.215 e. The Hall–Kier alpha value is -3.00. The molecule has 0 unspecified atom stereocenters. The fourth-order valence-corrected chi connectivity index (χ4v) is 2.69. The molecule has 0 saturated carbocycles. The van der Waals surface area contributed by atoms with Crippen molar-refractivity contribution < 1.29 is 14.3 Å². The minimum absolute atomic E-state index is 0.0505. The largest absolute Gasteiger partial charge is 0.504 e. The highest BCUT2D eigenvalue weighted by atomic mass is 32.2. The summed E-state index contributed by atoms with van der Waals surface area (Å²) in [5.74, 6) is -0.672. The number of nitrogen functional groups attached to an aromatic ring is 1. The van der Waals surface area contributed by atoms with Gasteiger partial charge in [-0.3, -0.25) is 9.89 Å². The molecule has 0 spiro atoms. The maximum absolute atomic E-state index is 12.3. The molecule has 0 atom stereocenters. The van der Waals surface area contributed by atoms with Gasteiger partial charge in [-0.15, -0.1) is 0 Å². The molecule has 0 aliphatic carbocycles. The number of aliphatic hydroxyl groups excluding tert-OH is 1. The molecule has 0 bridgehead atoms. The predicted octanol–water partition coefficient (Wildman–Crippen LogP) is 2.91. The Kier molecular flexibility index (Phi) is 4.15. The summed E-state index contributed by atoms with van der Waals surface area (Å²) in [6, 6.07) is 7.25. The number of hydrogen-bond acceptors (Lipinski definition) is 7. The van der Waals surface area contributed by atoms with Crippen molar-refractivity contribution in [3.05, 3.63) is 60.6 Å². The Balaban J connectivity index is 1.81. The summed E-state index contributed by atoms with van der Waals surface area (Å²) in [4.78, 5) is 17.6. The molecule has 116 valence electrons. The van der Waals surface area contributed by atoms with E-state index in [1.54, 1.807) is 12.1 Å². The molecule has 3 rings (SSSR count). The maximum atomic E-state index is 12.3. The van der Waals surface area contributed by atoms with Crippen molar-refractivity contribution in [2.24, 2.45) is 0 Å². The van der Waals surface area contributed by atoms with E-state index < -0.39 is 5.78 Å². The summed E-state index contributed by atoms with van der Waals surface area (Å²) < 4.78 is 5.12. The second-order valence-electron chi connectivity index (χ2n) is 4.54. The summed E-state index contributed by atoms with van der Waals surface area (Å²) in [6.07, 6.45) is 5.18. The third-order valence-electron chi connectivity index (χ3n) is 2.91. The van der Waals surface area contributed by atoms with Crippen molar-refractivity contribution in [2.75, 3.05) is 5.73 Å². The highest BCUT2D eigenvalue weighted by molar-refractivity contribution is 7.99. The van der Waals surface area contributed by atoms with Gasteiger partial charge in [0.15, 0.2) is 11.5 Å². The van der Waals surface area contributed by atoms with E-state index in [2.05, 4.69) is 15.2 Å². The van der Waals surface area contributed by atoms with Crippen LogP contribution in [0.3, 0.4) is 0 Å². The number of aromatic nitrogens is 3. The number of aliphatic hydroxyl groups is 1. The SMILES string of the molecule is Nc1ccc(Sc2cocc2C(=O)C=C(O)c2nc[nH]n2)cc1. The highest BCUT2D eigenvalue weighted by Crippen LogP contribution is 2.32. The van der Waals surface area contributed by atoms with Crippen LogP contribution in [0.25, 0.3) is 5.76 Å². The zero-order chi connectivity index (χ0) is 16.2. The number of allylic oxidation sites excluding steroid dienone is 1. The van der Waals surface area contributed by atoms with Crippen LogP contribution in [0.5, 0.6) is 0 Å². The molecule has 23 heavy (non-hydrogen) atoms. The number of hydrogen-bond donors (Lipinski definition) is 3. The summed E-state index contributed by atoms with van der Waals surface area (Å²) in [5, 5.41) is 16.0. The first-order valence-corrected chi connectivity index (χ1v) is 7.36. The standard InChI is InChI=1S/C15H12N4O3S/c16-9-1-3-10(4-2-9)23-14-7-22-6-11(14)12(20)5-13(21)15-17-8-18-19-15/h1-8,21H,16H2,(H,17,18,19). The Bertz CT molecular complexity index is 838. The predicted molar refractivity (Wildman–Crippen MR) is 85.0 cm³/mol. The van der Waals surface area contributed by atoms with Crippen LogP contribution in [0.4, 0.5) is 5.69 Å². The minimum atomic E-state index is -0.404. The number of nitrogens with zero attached hydrogens (tertiary/aromatic N) is 2. The van der Waals surface area contributed by atoms with Gasteiger partial charge >= 0.3 is 0 Å². The van der Waals surface area contributed by atoms with Crippen LogP contribution in [0.2, 0.25) is 0 Å². The second-order valence-corrected chi connectivity index (χ2v) is 5.65. The lowest BCUT2D eigenvalue weighted by atomic mass is 10.2. The van der Waals surface area contributed by atoms with Gasteiger partial charge in [0.25, 0.3) is 0 Å². The molecular formula is C15H12N4O3S. The van der Waals surface area contributed by atoms with E-state index in [4.69, 9.17) is 10.2 Å². The molecule has 0 aliphatic rings. The van der Waals surface area contributed by atoms with Gasteiger partial charge in [-0.05, 0) is 24.3 Å². The van der Waals surface area contributed by atoms with E-state index in [0.717, 1.165) is 11.0 Å². The normalized spacial score (nSPS) is 11.6. The average Bonchev–Trinajstić information content (AvgIpc) is 3.20.